The lowest BCUT2D eigenvalue weighted by molar-refractivity contribution is 0.102. The summed E-state index contributed by atoms with van der Waals surface area (Å²) in [4.78, 5) is 21.7. The van der Waals surface area contributed by atoms with Crippen LogP contribution in [0.15, 0.2) is 48.0 Å². The molecule has 130 valence electrons. The van der Waals surface area contributed by atoms with Gasteiger partial charge >= 0.3 is 0 Å². The molecule has 6 rings (SSSR count). The fourth-order valence-corrected chi connectivity index (χ4v) is 5.58. The van der Waals surface area contributed by atoms with Crippen molar-refractivity contribution >= 4 is 64.9 Å². The van der Waals surface area contributed by atoms with Crippen LogP contribution >= 0.6 is 22.7 Å². The summed E-state index contributed by atoms with van der Waals surface area (Å²) < 4.78 is 2.14. The second-order valence-corrected chi connectivity index (χ2v) is 8.65. The maximum Gasteiger partial charge on any atom is 0.257 e. The van der Waals surface area contributed by atoms with E-state index in [0.29, 0.717) is 10.7 Å². The summed E-state index contributed by atoms with van der Waals surface area (Å²) >= 11 is 3.08. The van der Waals surface area contributed by atoms with Gasteiger partial charge in [-0.25, -0.2) is 9.97 Å². The number of aromatic nitrogens is 2. The molecule has 5 aromatic rings. The summed E-state index contributed by atoms with van der Waals surface area (Å²) in [6.45, 7) is 0. The largest absolute Gasteiger partial charge is 0.298 e. The first kappa shape index (κ1) is 15.2. The summed E-state index contributed by atoms with van der Waals surface area (Å²) in [5, 5.41) is 6.16. The number of hydrogen-bond acceptors (Lipinski definition) is 5. The molecule has 1 aliphatic carbocycles. The van der Waals surface area contributed by atoms with Gasteiger partial charge in [0.05, 0.1) is 25.9 Å². The summed E-state index contributed by atoms with van der Waals surface area (Å²) in [5.74, 6) is -0.137. The van der Waals surface area contributed by atoms with Crippen molar-refractivity contribution < 1.29 is 4.79 Å². The van der Waals surface area contributed by atoms with Crippen LogP contribution in [0.25, 0.3) is 31.2 Å². The van der Waals surface area contributed by atoms with Crippen molar-refractivity contribution in [3.05, 3.63) is 64.7 Å². The Morgan fingerprint density at radius 3 is 2.93 bits per heavy atom. The van der Waals surface area contributed by atoms with Crippen LogP contribution in [0.1, 0.15) is 21.5 Å². The molecule has 0 aliphatic heterocycles. The molecule has 0 fully saturated rings. The van der Waals surface area contributed by atoms with Gasteiger partial charge in [-0.2, -0.15) is 0 Å². The van der Waals surface area contributed by atoms with E-state index in [2.05, 4.69) is 34.6 Å². The quantitative estimate of drug-likeness (QED) is 0.441. The van der Waals surface area contributed by atoms with Crippen molar-refractivity contribution in [3.63, 3.8) is 0 Å². The standard InChI is InChI=1S/C21H13N3OS2/c25-20(13-6-7-15-16(9-13)26-10-22-15)24-21-23-19-14-3-1-2-11-4-5-12(18(11)14)8-17(19)27-21/h1-3,6-10H,4-5H2,(H,23,24,25). The highest BCUT2D eigenvalue weighted by molar-refractivity contribution is 7.22. The average molecular weight is 387 g/mol. The fourth-order valence-electron chi connectivity index (χ4n) is 3.92. The van der Waals surface area contributed by atoms with Gasteiger partial charge in [0.1, 0.15) is 0 Å². The lowest BCUT2D eigenvalue weighted by Crippen LogP contribution is -2.11. The molecule has 0 spiro atoms. The van der Waals surface area contributed by atoms with E-state index in [1.54, 1.807) is 16.8 Å². The number of anilines is 1. The number of aryl methyl sites for hydroxylation is 2. The Morgan fingerprint density at radius 2 is 1.96 bits per heavy atom. The average Bonchev–Trinajstić information content (AvgIpc) is 3.40. The van der Waals surface area contributed by atoms with Crippen molar-refractivity contribution in [2.24, 2.45) is 0 Å². The Hall–Kier alpha value is -2.83. The Balaban J connectivity index is 1.42. The number of thiazole rings is 2. The zero-order valence-electron chi connectivity index (χ0n) is 14.2. The maximum absolute atomic E-state index is 12.7. The highest BCUT2D eigenvalue weighted by atomic mass is 32.1. The van der Waals surface area contributed by atoms with Gasteiger partial charge in [0.2, 0.25) is 0 Å². The van der Waals surface area contributed by atoms with E-state index in [1.165, 1.54) is 33.2 Å². The molecule has 0 unspecified atom stereocenters. The van der Waals surface area contributed by atoms with Crippen molar-refractivity contribution in [1.29, 1.82) is 0 Å². The van der Waals surface area contributed by atoms with E-state index < -0.39 is 0 Å². The summed E-state index contributed by atoms with van der Waals surface area (Å²) in [7, 11) is 0. The van der Waals surface area contributed by atoms with Crippen LogP contribution in [0.2, 0.25) is 0 Å². The first-order valence-corrected chi connectivity index (χ1v) is 10.4. The Labute approximate surface area is 162 Å². The second kappa shape index (κ2) is 5.58. The maximum atomic E-state index is 12.7. The molecule has 1 aliphatic rings. The number of benzene rings is 3. The molecule has 0 bridgehead atoms. The number of nitrogens with zero attached hydrogens (tertiary/aromatic N) is 2. The van der Waals surface area contributed by atoms with Crippen molar-refractivity contribution in [2.75, 3.05) is 5.32 Å². The van der Waals surface area contributed by atoms with Crippen molar-refractivity contribution in [1.82, 2.24) is 9.97 Å². The van der Waals surface area contributed by atoms with Crippen LogP contribution in [0.3, 0.4) is 0 Å². The number of nitrogens with one attached hydrogen (secondary N) is 1. The van der Waals surface area contributed by atoms with Gasteiger partial charge in [-0.15, -0.1) is 11.3 Å². The zero-order valence-corrected chi connectivity index (χ0v) is 15.8. The minimum Gasteiger partial charge on any atom is -0.298 e. The topological polar surface area (TPSA) is 54.9 Å². The first-order valence-electron chi connectivity index (χ1n) is 8.75. The van der Waals surface area contributed by atoms with Crippen LogP contribution in [0.4, 0.5) is 5.13 Å². The third kappa shape index (κ3) is 2.30. The van der Waals surface area contributed by atoms with Gasteiger partial charge in [0.25, 0.3) is 5.91 Å². The Morgan fingerprint density at radius 1 is 1.04 bits per heavy atom. The molecule has 0 radical (unpaired) electrons. The number of rotatable bonds is 2. The van der Waals surface area contributed by atoms with E-state index in [9.17, 15) is 4.79 Å². The van der Waals surface area contributed by atoms with Crippen LogP contribution in [0, 0.1) is 0 Å². The summed E-state index contributed by atoms with van der Waals surface area (Å²) in [5.41, 5.74) is 7.11. The van der Waals surface area contributed by atoms with E-state index in [-0.39, 0.29) is 5.91 Å². The molecule has 2 aromatic heterocycles. The molecule has 2 heterocycles. The second-order valence-electron chi connectivity index (χ2n) is 6.73. The first-order chi connectivity index (χ1) is 13.3. The van der Waals surface area contributed by atoms with Crippen LogP contribution in [0.5, 0.6) is 0 Å². The highest BCUT2D eigenvalue weighted by Crippen LogP contribution is 2.39. The number of carbonyl (C=O) groups is 1. The van der Waals surface area contributed by atoms with Crippen LogP contribution in [-0.2, 0) is 12.8 Å². The lowest BCUT2D eigenvalue weighted by atomic mass is 10.0. The van der Waals surface area contributed by atoms with Gasteiger partial charge in [-0.3, -0.25) is 10.1 Å². The zero-order chi connectivity index (χ0) is 18.0. The third-order valence-electron chi connectivity index (χ3n) is 5.16. The molecule has 6 heteroatoms. The van der Waals surface area contributed by atoms with Gasteiger partial charge in [0, 0.05) is 10.9 Å². The van der Waals surface area contributed by atoms with Crippen LogP contribution < -0.4 is 5.32 Å². The highest BCUT2D eigenvalue weighted by Gasteiger charge is 2.19. The van der Waals surface area contributed by atoms with Gasteiger partial charge < -0.3 is 0 Å². The molecule has 0 atom stereocenters. The molecule has 4 nitrogen and oxygen atoms in total. The SMILES string of the molecule is O=C(Nc1nc2c(cc3c4c(cccc42)CC3)s1)c1ccc2ncsc2c1. The fraction of sp³-hybridized carbons (Fsp3) is 0.0952. The smallest absolute Gasteiger partial charge is 0.257 e. The van der Waals surface area contributed by atoms with Gasteiger partial charge in [0.15, 0.2) is 5.13 Å². The number of fused-ring (bicyclic) bond motifs is 3. The monoisotopic (exact) mass is 387 g/mol. The minimum atomic E-state index is -0.137. The Kier molecular flexibility index (Phi) is 3.15. The molecule has 3 aromatic carbocycles. The van der Waals surface area contributed by atoms with Gasteiger partial charge in [-0.1, -0.05) is 29.5 Å². The normalized spacial score (nSPS) is 13.0. The predicted molar refractivity (Wildman–Crippen MR) is 112 cm³/mol. The van der Waals surface area contributed by atoms with Crippen molar-refractivity contribution in [2.45, 2.75) is 12.8 Å². The van der Waals surface area contributed by atoms with E-state index in [1.807, 2.05) is 18.2 Å². The van der Waals surface area contributed by atoms with E-state index in [0.717, 1.165) is 33.3 Å². The molecular weight excluding hydrogens is 374 g/mol. The molecule has 0 saturated carbocycles. The van der Waals surface area contributed by atoms with E-state index >= 15 is 0 Å². The molecule has 1 amide bonds. The van der Waals surface area contributed by atoms with Gasteiger partial charge in [-0.05, 0) is 53.6 Å². The molecular formula is C21H13N3OS2. The molecule has 27 heavy (non-hydrogen) atoms. The lowest BCUT2D eigenvalue weighted by Gasteiger charge is -2.02. The summed E-state index contributed by atoms with van der Waals surface area (Å²) in [6, 6.07) is 14.3. The number of amides is 1. The molecule has 0 saturated heterocycles. The van der Waals surface area contributed by atoms with E-state index in [4.69, 9.17) is 4.98 Å². The minimum absolute atomic E-state index is 0.137. The molecule has 1 N–H and O–H groups in total. The van der Waals surface area contributed by atoms with Crippen LogP contribution in [-0.4, -0.2) is 15.9 Å². The predicted octanol–water partition coefficient (Wildman–Crippen LogP) is 5.41. The Bertz CT molecular complexity index is 1380. The number of carbonyl (C=O) groups excluding carboxylic acids is 1. The van der Waals surface area contributed by atoms with Crippen molar-refractivity contribution in [3.8, 4) is 0 Å². The number of hydrogen-bond donors (Lipinski definition) is 1. The summed E-state index contributed by atoms with van der Waals surface area (Å²) in [6.07, 6.45) is 2.19. The third-order valence-corrected chi connectivity index (χ3v) is 6.87.